The van der Waals surface area contributed by atoms with Gasteiger partial charge in [0, 0.05) is 74.5 Å². The van der Waals surface area contributed by atoms with E-state index in [0.717, 1.165) is 81.3 Å². The van der Waals surface area contributed by atoms with Crippen molar-refractivity contribution in [3.05, 3.63) is 64.3 Å². The Balaban J connectivity index is 1.27. The number of carbonyl (C=O) groups excluding carboxylic acids is 1. The van der Waals surface area contributed by atoms with Crippen LogP contribution < -0.4 is 20.3 Å². The summed E-state index contributed by atoms with van der Waals surface area (Å²) in [5, 5.41) is 16.3. The number of halogens is 2. The number of aliphatic hydroxyl groups excluding tert-OH is 1. The highest BCUT2D eigenvalue weighted by molar-refractivity contribution is 6.35. The first kappa shape index (κ1) is 32.2. The summed E-state index contributed by atoms with van der Waals surface area (Å²) >= 11 is 12.7. The first-order valence-corrected chi connectivity index (χ1v) is 15.9. The number of carbonyl (C=O) groups is 1. The molecule has 0 radical (unpaired) electrons. The molecule has 2 saturated heterocycles. The number of piperidine rings is 1. The number of amides is 2. The summed E-state index contributed by atoms with van der Waals surface area (Å²) in [5.74, 6) is 2.44. The average Bonchev–Trinajstić information content (AvgIpc) is 3.00. The van der Waals surface area contributed by atoms with Gasteiger partial charge in [-0.2, -0.15) is 0 Å². The highest BCUT2D eigenvalue weighted by Gasteiger charge is 2.21. The van der Waals surface area contributed by atoms with E-state index in [-0.39, 0.29) is 12.1 Å². The maximum absolute atomic E-state index is 11.6. The molecule has 44 heavy (non-hydrogen) atoms. The van der Waals surface area contributed by atoms with Gasteiger partial charge in [-0.3, -0.25) is 9.80 Å². The molecule has 5 rings (SSSR count). The van der Waals surface area contributed by atoms with Crippen LogP contribution in [-0.4, -0.2) is 96.4 Å². The maximum atomic E-state index is 11.6. The second kappa shape index (κ2) is 15.2. The molecule has 2 fully saturated rings. The Kier molecular flexibility index (Phi) is 11.2. The minimum absolute atomic E-state index is 0.137. The minimum atomic E-state index is -0.323. The second-order valence-corrected chi connectivity index (χ2v) is 12.5. The highest BCUT2D eigenvalue weighted by Crippen LogP contribution is 2.31. The molecule has 0 spiro atoms. The lowest BCUT2D eigenvalue weighted by atomic mass is 9.96. The summed E-state index contributed by atoms with van der Waals surface area (Å²) in [4.78, 5) is 28.0. The van der Waals surface area contributed by atoms with Gasteiger partial charge in [0.2, 0.25) is 5.88 Å². The van der Waals surface area contributed by atoms with Crippen LogP contribution in [-0.2, 0) is 6.54 Å². The Morgan fingerprint density at radius 1 is 1.02 bits per heavy atom. The SMILES string of the molecule is CNC(=O)NCC1CCN(Cc2cc(Oc3ccc(N4CCN(CC(C)O)CC4)nc3)nc(-c3cc(Cl)cc(Cl)c3)c2)CC1. The molecule has 2 aliphatic heterocycles. The van der Waals surface area contributed by atoms with E-state index in [1.165, 1.54) is 0 Å². The third kappa shape index (κ3) is 9.18. The molecule has 0 saturated carbocycles. The zero-order valence-electron chi connectivity index (χ0n) is 25.3. The van der Waals surface area contributed by atoms with Crippen LogP contribution in [0.5, 0.6) is 11.6 Å². The summed E-state index contributed by atoms with van der Waals surface area (Å²) < 4.78 is 6.26. The number of pyridine rings is 2. The van der Waals surface area contributed by atoms with Gasteiger partial charge >= 0.3 is 6.03 Å². The molecule has 2 aromatic heterocycles. The lowest BCUT2D eigenvalue weighted by Gasteiger charge is -2.35. The van der Waals surface area contributed by atoms with E-state index in [9.17, 15) is 9.90 Å². The van der Waals surface area contributed by atoms with Crippen molar-refractivity contribution in [2.45, 2.75) is 32.4 Å². The Morgan fingerprint density at radius 3 is 2.39 bits per heavy atom. The van der Waals surface area contributed by atoms with Crippen molar-refractivity contribution < 1.29 is 14.6 Å². The van der Waals surface area contributed by atoms with Crippen molar-refractivity contribution in [2.75, 3.05) is 64.3 Å². The van der Waals surface area contributed by atoms with Gasteiger partial charge in [0.25, 0.3) is 0 Å². The number of nitrogens with zero attached hydrogens (tertiary/aromatic N) is 5. The molecule has 1 atom stereocenters. The van der Waals surface area contributed by atoms with Crippen LogP contribution in [0.4, 0.5) is 10.6 Å². The molecule has 1 aromatic carbocycles. The largest absolute Gasteiger partial charge is 0.437 e. The molecular weight excluding hydrogens is 601 g/mol. The van der Waals surface area contributed by atoms with Crippen LogP contribution >= 0.6 is 23.2 Å². The third-order valence-corrected chi connectivity index (χ3v) is 8.51. The predicted molar refractivity (Wildman–Crippen MR) is 175 cm³/mol. The van der Waals surface area contributed by atoms with Crippen molar-refractivity contribution in [3.63, 3.8) is 0 Å². The maximum Gasteiger partial charge on any atom is 0.314 e. The first-order valence-electron chi connectivity index (χ1n) is 15.2. The molecule has 4 heterocycles. The number of urea groups is 1. The van der Waals surface area contributed by atoms with Gasteiger partial charge in [-0.1, -0.05) is 23.2 Å². The van der Waals surface area contributed by atoms with Crippen LogP contribution in [0, 0.1) is 5.92 Å². The quantitative estimate of drug-likeness (QED) is 0.287. The second-order valence-electron chi connectivity index (χ2n) is 11.6. The van der Waals surface area contributed by atoms with Gasteiger partial charge in [0.05, 0.1) is 18.0 Å². The Morgan fingerprint density at radius 2 is 1.75 bits per heavy atom. The van der Waals surface area contributed by atoms with E-state index in [2.05, 4.69) is 36.4 Å². The van der Waals surface area contributed by atoms with Crippen molar-refractivity contribution in [1.29, 1.82) is 0 Å². The number of anilines is 1. The average molecular weight is 643 g/mol. The normalized spacial score (nSPS) is 17.3. The van der Waals surface area contributed by atoms with Crippen LogP contribution in [0.3, 0.4) is 0 Å². The molecule has 236 valence electrons. The summed E-state index contributed by atoms with van der Waals surface area (Å²) in [6.07, 6.45) is 3.45. The van der Waals surface area contributed by atoms with E-state index < -0.39 is 0 Å². The number of benzene rings is 1. The number of hydrogen-bond donors (Lipinski definition) is 3. The van der Waals surface area contributed by atoms with Crippen molar-refractivity contribution in [1.82, 2.24) is 30.4 Å². The number of aromatic nitrogens is 2. The van der Waals surface area contributed by atoms with Gasteiger partial charge < -0.3 is 25.4 Å². The van der Waals surface area contributed by atoms with E-state index in [1.807, 2.05) is 37.3 Å². The van der Waals surface area contributed by atoms with Crippen LogP contribution in [0.15, 0.2) is 48.7 Å². The smallest absolute Gasteiger partial charge is 0.314 e. The topological polar surface area (TPSA) is 106 Å². The number of β-amino-alcohol motifs (C(OH)–C–C–N with tert-alkyl or cyclic N) is 1. The van der Waals surface area contributed by atoms with Crippen LogP contribution in [0.25, 0.3) is 11.3 Å². The van der Waals surface area contributed by atoms with Crippen molar-refractivity contribution >= 4 is 35.1 Å². The third-order valence-electron chi connectivity index (χ3n) is 8.07. The minimum Gasteiger partial charge on any atom is -0.437 e. The summed E-state index contributed by atoms with van der Waals surface area (Å²) in [5.41, 5.74) is 2.62. The lowest BCUT2D eigenvalue weighted by Crippen LogP contribution is -2.48. The monoisotopic (exact) mass is 641 g/mol. The van der Waals surface area contributed by atoms with E-state index >= 15 is 0 Å². The van der Waals surface area contributed by atoms with Crippen LogP contribution in [0.1, 0.15) is 25.3 Å². The van der Waals surface area contributed by atoms with Gasteiger partial charge in [0.15, 0.2) is 0 Å². The number of rotatable bonds is 10. The Bertz CT molecular complexity index is 1370. The zero-order valence-corrected chi connectivity index (χ0v) is 26.8. The van der Waals surface area contributed by atoms with Crippen molar-refractivity contribution in [2.24, 2.45) is 5.92 Å². The fraction of sp³-hybridized carbons (Fsp3) is 0.469. The molecule has 12 heteroatoms. The highest BCUT2D eigenvalue weighted by atomic mass is 35.5. The Labute approximate surface area is 269 Å². The molecule has 2 amide bonds. The van der Waals surface area contributed by atoms with Crippen LogP contribution in [0.2, 0.25) is 10.0 Å². The van der Waals surface area contributed by atoms with Crippen molar-refractivity contribution in [3.8, 4) is 22.9 Å². The number of hydrogen-bond acceptors (Lipinski definition) is 8. The molecule has 0 bridgehead atoms. The molecule has 0 aliphatic carbocycles. The molecular formula is C32H41Cl2N7O3. The number of ether oxygens (including phenoxy) is 1. The summed E-state index contributed by atoms with van der Waals surface area (Å²) in [7, 11) is 1.63. The van der Waals surface area contributed by atoms with Gasteiger partial charge in [-0.15, -0.1) is 0 Å². The molecule has 1 unspecified atom stereocenters. The van der Waals surface area contributed by atoms with E-state index in [4.69, 9.17) is 32.9 Å². The summed E-state index contributed by atoms with van der Waals surface area (Å²) in [6.45, 7) is 9.33. The number of aliphatic hydroxyl groups is 1. The molecule has 2 aliphatic rings. The lowest BCUT2D eigenvalue weighted by molar-refractivity contribution is 0.122. The molecule has 10 nitrogen and oxygen atoms in total. The number of piperazine rings is 1. The Hall–Kier alpha value is -3.15. The summed E-state index contributed by atoms with van der Waals surface area (Å²) in [6, 6.07) is 13.2. The van der Waals surface area contributed by atoms with E-state index in [1.54, 1.807) is 19.3 Å². The predicted octanol–water partition coefficient (Wildman–Crippen LogP) is 4.89. The molecule has 3 N–H and O–H groups in total. The fourth-order valence-electron chi connectivity index (χ4n) is 5.76. The first-order chi connectivity index (χ1) is 21.2. The standard InChI is InChI=1S/C32H41Cl2N7O3/c1-22(42)20-40-9-11-41(12-10-40)30-4-3-28(19-36-30)44-31-14-24(13-29(38-31)25-15-26(33)17-27(34)16-25)21-39-7-5-23(6-8-39)18-37-32(43)35-2/h3-4,13-17,19,22-23,42H,5-12,18,20-21H2,1-2H3,(H2,35,37,43). The van der Waals surface area contributed by atoms with Gasteiger partial charge in [0.1, 0.15) is 11.6 Å². The zero-order chi connectivity index (χ0) is 31.1. The van der Waals surface area contributed by atoms with E-state index in [0.29, 0.717) is 40.7 Å². The van der Waals surface area contributed by atoms with Gasteiger partial charge in [-0.05, 0) is 80.7 Å². The van der Waals surface area contributed by atoms with Gasteiger partial charge in [-0.25, -0.2) is 14.8 Å². The fourth-order valence-corrected chi connectivity index (χ4v) is 6.28. The number of nitrogens with one attached hydrogen (secondary N) is 2. The number of likely N-dealkylation sites (tertiary alicyclic amines) is 1. The molecule has 3 aromatic rings.